The molecule has 1 atom stereocenters. The molecule has 1 saturated heterocycles. The molecule has 3 rings (SSSR count). The van der Waals surface area contributed by atoms with E-state index in [0.717, 1.165) is 30.2 Å². The predicted molar refractivity (Wildman–Crippen MR) is 82.5 cm³/mol. The molecular weight excluding hydrogens is 292 g/mol. The molecule has 2 heterocycles. The zero-order valence-corrected chi connectivity index (χ0v) is 12.3. The number of hydrogen-bond acceptors (Lipinski definition) is 5. The van der Waals surface area contributed by atoms with E-state index >= 15 is 0 Å². The van der Waals surface area contributed by atoms with E-state index < -0.39 is 0 Å². The van der Waals surface area contributed by atoms with E-state index in [4.69, 9.17) is 16.9 Å². The third kappa shape index (κ3) is 2.58. The van der Waals surface area contributed by atoms with Crippen molar-refractivity contribution in [3.05, 3.63) is 41.0 Å². The van der Waals surface area contributed by atoms with Gasteiger partial charge < -0.3 is 10.2 Å². The van der Waals surface area contributed by atoms with Crippen molar-refractivity contribution in [2.24, 2.45) is 0 Å². The monoisotopic (exact) mass is 304 g/mol. The minimum Gasteiger partial charge on any atom is -0.380 e. The van der Waals surface area contributed by atoms with Gasteiger partial charge in [0.05, 0.1) is 0 Å². The summed E-state index contributed by atoms with van der Waals surface area (Å²) in [5.74, 6) is 0. The van der Waals surface area contributed by atoms with Crippen LogP contribution in [0.15, 0.2) is 30.3 Å². The Kier molecular flexibility index (Phi) is 3.77. The predicted octanol–water partition coefficient (Wildman–Crippen LogP) is 3.36. The molecule has 4 nitrogen and oxygen atoms in total. The Balaban J connectivity index is 1.69. The number of halogens is 1. The molecule has 2 aromatic rings. The van der Waals surface area contributed by atoms with Crippen molar-refractivity contribution in [3.8, 4) is 6.07 Å². The fourth-order valence-corrected chi connectivity index (χ4v) is 3.47. The molecule has 1 aromatic carbocycles. The van der Waals surface area contributed by atoms with Crippen LogP contribution in [0.1, 0.15) is 12.0 Å². The Bertz CT molecular complexity index is 634. The normalized spacial score (nSPS) is 18.0. The Labute approximate surface area is 126 Å². The van der Waals surface area contributed by atoms with Crippen LogP contribution >= 0.6 is 23.1 Å². The van der Waals surface area contributed by atoms with Crippen molar-refractivity contribution < 1.29 is 0 Å². The summed E-state index contributed by atoms with van der Waals surface area (Å²) in [7, 11) is 0. The molecule has 1 N–H and O–H groups in total. The molecule has 0 bridgehead atoms. The van der Waals surface area contributed by atoms with Crippen molar-refractivity contribution >= 4 is 33.8 Å². The van der Waals surface area contributed by atoms with Crippen LogP contribution in [0.5, 0.6) is 0 Å². The van der Waals surface area contributed by atoms with Crippen LogP contribution in [-0.4, -0.2) is 23.5 Å². The van der Waals surface area contributed by atoms with Gasteiger partial charge in [0, 0.05) is 24.8 Å². The summed E-state index contributed by atoms with van der Waals surface area (Å²) in [5.41, 5.74) is 1.62. The Hall–Kier alpha value is -1.77. The Morgan fingerprint density at radius 2 is 2.20 bits per heavy atom. The molecule has 102 valence electrons. The topological polar surface area (TPSA) is 52.0 Å². The summed E-state index contributed by atoms with van der Waals surface area (Å²) in [6.45, 7) is 1.78. The standard InChI is InChI=1S/C14H13ClN4S/c15-13-12(8-16)14(20-18-13)19-7-6-11(9-19)17-10-4-2-1-3-5-10/h1-5,11,17H,6-7,9H2. The van der Waals surface area contributed by atoms with Gasteiger partial charge in [-0.3, -0.25) is 0 Å². The van der Waals surface area contributed by atoms with Gasteiger partial charge in [-0.25, -0.2) is 0 Å². The molecule has 0 radical (unpaired) electrons. The fourth-order valence-electron chi connectivity index (χ4n) is 2.41. The smallest absolute Gasteiger partial charge is 0.162 e. The number of nitrogens with one attached hydrogen (secondary N) is 1. The molecule has 0 aliphatic carbocycles. The molecule has 0 spiro atoms. The van der Waals surface area contributed by atoms with Crippen molar-refractivity contribution in [2.75, 3.05) is 23.3 Å². The Morgan fingerprint density at radius 1 is 1.40 bits per heavy atom. The van der Waals surface area contributed by atoms with Crippen LogP contribution in [0, 0.1) is 11.3 Å². The minimum atomic E-state index is 0.312. The summed E-state index contributed by atoms with van der Waals surface area (Å²) >= 11 is 7.22. The highest BCUT2D eigenvalue weighted by Crippen LogP contribution is 2.33. The number of anilines is 2. The highest BCUT2D eigenvalue weighted by molar-refractivity contribution is 7.10. The zero-order valence-electron chi connectivity index (χ0n) is 10.7. The van der Waals surface area contributed by atoms with Crippen LogP contribution in [0.4, 0.5) is 10.7 Å². The number of benzene rings is 1. The van der Waals surface area contributed by atoms with Crippen molar-refractivity contribution in [1.29, 1.82) is 5.26 Å². The number of nitrogens with zero attached hydrogens (tertiary/aromatic N) is 3. The molecule has 20 heavy (non-hydrogen) atoms. The molecule has 1 fully saturated rings. The first-order valence-corrected chi connectivity index (χ1v) is 7.55. The lowest BCUT2D eigenvalue weighted by atomic mass is 10.2. The maximum atomic E-state index is 9.14. The lowest BCUT2D eigenvalue weighted by molar-refractivity contribution is 0.807. The van der Waals surface area contributed by atoms with Gasteiger partial charge in [0.1, 0.15) is 16.6 Å². The van der Waals surface area contributed by atoms with Crippen LogP contribution in [-0.2, 0) is 0 Å². The van der Waals surface area contributed by atoms with E-state index in [1.54, 1.807) is 0 Å². The van der Waals surface area contributed by atoms with Crippen molar-refractivity contribution in [1.82, 2.24) is 4.37 Å². The summed E-state index contributed by atoms with van der Waals surface area (Å²) in [5, 5.41) is 13.8. The first kappa shape index (κ1) is 13.2. The molecule has 0 amide bonds. The SMILES string of the molecule is N#Cc1c(Cl)nsc1N1CCC(Nc2ccccc2)C1. The molecule has 1 aliphatic heterocycles. The van der Waals surface area contributed by atoms with Crippen LogP contribution in [0.3, 0.4) is 0 Å². The third-order valence-electron chi connectivity index (χ3n) is 3.36. The van der Waals surface area contributed by atoms with Gasteiger partial charge in [0.25, 0.3) is 0 Å². The quantitative estimate of drug-likeness (QED) is 0.944. The minimum absolute atomic E-state index is 0.312. The number of hydrogen-bond donors (Lipinski definition) is 1. The van der Waals surface area contributed by atoms with Gasteiger partial charge in [0.2, 0.25) is 0 Å². The number of nitriles is 1. The first-order valence-electron chi connectivity index (χ1n) is 6.39. The van der Waals surface area contributed by atoms with Gasteiger partial charge in [-0.15, -0.1) is 0 Å². The van der Waals surface area contributed by atoms with E-state index in [2.05, 4.69) is 32.8 Å². The highest BCUT2D eigenvalue weighted by atomic mass is 35.5. The summed E-state index contributed by atoms with van der Waals surface area (Å²) in [4.78, 5) is 2.18. The molecule has 0 saturated carbocycles. The van der Waals surface area contributed by atoms with E-state index in [0.29, 0.717) is 16.8 Å². The van der Waals surface area contributed by atoms with E-state index in [9.17, 15) is 0 Å². The highest BCUT2D eigenvalue weighted by Gasteiger charge is 2.26. The number of aromatic nitrogens is 1. The summed E-state index contributed by atoms with van der Waals surface area (Å²) in [6.07, 6.45) is 1.04. The van der Waals surface area contributed by atoms with Crippen LogP contribution in [0.2, 0.25) is 5.15 Å². The fraction of sp³-hybridized carbons (Fsp3) is 0.286. The largest absolute Gasteiger partial charge is 0.380 e. The summed E-state index contributed by atoms with van der Waals surface area (Å²) < 4.78 is 4.06. The zero-order chi connectivity index (χ0) is 13.9. The average Bonchev–Trinajstić information content (AvgIpc) is 3.06. The van der Waals surface area contributed by atoms with Gasteiger partial charge in [-0.2, -0.15) is 9.64 Å². The molecule has 1 unspecified atom stereocenters. The maximum Gasteiger partial charge on any atom is 0.162 e. The van der Waals surface area contributed by atoms with Gasteiger partial charge in [-0.1, -0.05) is 29.8 Å². The third-order valence-corrected chi connectivity index (χ3v) is 4.65. The molecule has 6 heteroatoms. The van der Waals surface area contributed by atoms with Gasteiger partial charge in [-0.05, 0) is 30.1 Å². The van der Waals surface area contributed by atoms with E-state index in [1.807, 2.05) is 18.2 Å². The molecular formula is C14H13ClN4S. The van der Waals surface area contributed by atoms with Crippen LogP contribution in [0.25, 0.3) is 0 Å². The average molecular weight is 305 g/mol. The number of rotatable bonds is 3. The second-order valence-corrected chi connectivity index (χ2v) is 5.82. The molecule has 1 aromatic heterocycles. The van der Waals surface area contributed by atoms with E-state index in [1.165, 1.54) is 11.5 Å². The van der Waals surface area contributed by atoms with Gasteiger partial charge in [0.15, 0.2) is 5.15 Å². The van der Waals surface area contributed by atoms with Crippen molar-refractivity contribution in [2.45, 2.75) is 12.5 Å². The summed E-state index contributed by atoms with van der Waals surface area (Å²) in [6, 6.07) is 12.7. The second kappa shape index (κ2) is 5.70. The lowest BCUT2D eigenvalue weighted by Crippen LogP contribution is -2.25. The maximum absolute atomic E-state index is 9.14. The lowest BCUT2D eigenvalue weighted by Gasteiger charge is -2.17. The van der Waals surface area contributed by atoms with E-state index in [-0.39, 0.29) is 0 Å². The van der Waals surface area contributed by atoms with Crippen LogP contribution < -0.4 is 10.2 Å². The Morgan fingerprint density at radius 3 is 2.95 bits per heavy atom. The number of para-hydroxylation sites is 1. The second-order valence-electron chi connectivity index (χ2n) is 4.71. The first-order chi connectivity index (χ1) is 9.78. The van der Waals surface area contributed by atoms with Gasteiger partial charge >= 0.3 is 0 Å². The molecule has 1 aliphatic rings. The van der Waals surface area contributed by atoms with Crippen molar-refractivity contribution in [3.63, 3.8) is 0 Å².